The summed E-state index contributed by atoms with van der Waals surface area (Å²) >= 11 is 6.79. The summed E-state index contributed by atoms with van der Waals surface area (Å²) in [5.41, 5.74) is 3.31. The lowest BCUT2D eigenvalue weighted by Crippen LogP contribution is -2.21. The molecule has 1 aromatic carbocycles. The molecule has 0 amide bonds. The van der Waals surface area contributed by atoms with Gasteiger partial charge in [0.15, 0.2) is 11.5 Å². The van der Waals surface area contributed by atoms with Crippen molar-refractivity contribution in [1.82, 2.24) is 9.88 Å². The minimum Gasteiger partial charge on any atom is -0.493 e. The summed E-state index contributed by atoms with van der Waals surface area (Å²) in [6.45, 7) is 6.49. The number of aromatic nitrogens is 1. The molecule has 1 atom stereocenters. The molecule has 1 aromatic heterocycles. The van der Waals surface area contributed by atoms with Gasteiger partial charge in [0, 0.05) is 23.7 Å². The lowest BCUT2D eigenvalue weighted by atomic mass is 10.0. The third-order valence-electron chi connectivity index (χ3n) is 6.13. The monoisotopic (exact) mass is 402 g/mol. The Morgan fingerprint density at radius 3 is 2.75 bits per heavy atom. The van der Waals surface area contributed by atoms with Crippen LogP contribution in [-0.2, 0) is 12.8 Å². The van der Waals surface area contributed by atoms with E-state index in [2.05, 4.69) is 11.8 Å². The van der Waals surface area contributed by atoms with Crippen LogP contribution in [0.2, 0.25) is 5.02 Å². The van der Waals surface area contributed by atoms with Crippen molar-refractivity contribution in [3.63, 3.8) is 0 Å². The normalized spacial score (nSPS) is 19.3. The van der Waals surface area contributed by atoms with E-state index < -0.39 is 0 Å². The van der Waals surface area contributed by atoms with E-state index in [0.29, 0.717) is 12.5 Å². The molecule has 28 heavy (non-hydrogen) atoms. The van der Waals surface area contributed by atoms with E-state index in [-0.39, 0.29) is 0 Å². The van der Waals surface area contributed by atoms with Crippen molar-refractivity contribution < 1.29 is 9.47 Å². The zero-order valence-corrected chi connectivity index (χ0v) is 17.9. The molecule has 5 heteroatoms. The Bertz CT molecular complexity index is 833. The van der Waals surface area contributed by atoms with Crippen LogP contribution in [0.15, 0.2) is 12.1 Å². The van der Waals surface area contributed by atoms with Crippen LogP contribution < -0.4 is 9.47 Å². The first kappa shape index (κ1) is 19.8. The summed E-state index contributed by atoms with van der Waals surface area (Å²) in [4.78, 5) is 7.46. The van der Waals surface area contributed by atoms with Crippen LogP contribution in [0.1, 0.15) is 50.3 Å². The summed E-state index contributed by atoms with van der Waals surface area (Å²) in [6, 6.07) is 4.00. The largest absolute Gasteiger partial charge is 0.493 e. The van der Waals surface area contributed by atoms with Gasteiger partial charge >= 0.3 is 0 Å². The molecule has 4 rings (SSSR count). The number of hydrogen-bond acceptors (Lipinski definition) is 4. The minimum absolute atomic E-state index is 0.671. The summed E-state index contributed by atoms with van der Waals surface area (Å²) in [6.07, 6.45) is 8.21. The Balaban J connectivity index is 1.52. The van der Waals surface area contributed by atoms with Gasteiger partial charge in [-0.15, -0.1) is 0 Å². The molecule has 1 unspecified atom stereocenters. The predicted octanol–water partition coefficient (Wildman–Crippen LogP) is 5.28. The highest BCUT2D eigenvalue weighted by Gasteiger charge is 2.26. The van der Waals surface area contributed by atoms with Crippen molar-refractivity contribution >= 4 is 22.5 Å². The van der Waals surface area contributed by atoms with E-state index in [4.69, 9.17) is 26.1 Å². The summed E-state index contributed by atoms with van der Waals surface area (Å²) in [5, 5.41) is 1.82. The molecule has 152 valence electrons. The van der Waals surface area contributed by atoms with Crippen molar-refractivity contribution in [3.05, 3.63) is 28.4 Å². The molecule has 2 aliphatic rings. The quantitative estimate of drug-likeness (QED) is 0.563. The standard InChI is InChI=1S/C23H31ClN2O2/c1-3-7-16-12-17-19(13-16)25-20-15-22(21(27-2)14-18(20)23(17)24)28-11-6-10-26-8-4-5-9-26/h14-16H,3-13H2,1-2H3. The Hall–Kier alpha value is -1.52. The van der Waals surface area contributed by atoms with Gasteiger partial charge in [0.05, 0.1) is 24.3 Å². The molecule has 0 spiro atoms. The molecular formula is C23H31ClN2O2. The smallest absolute Gasteiger partial charge is 0.163 e. The average molecular weight is 403 g/mol. The molecule has 1 aliphatic heterocycles. The molecule has 0 bridgehead atoms. The highest BCUT2D eigenvalue weighted by Crippen LogP contribution is 2.41. The number of benzene rings is 1. The fraction of sp³-hybridized carbons (Fsp3) is 0.609. The number of hydrogen-bond donors (Lipinski definition) is 0. The van der Waals surface area contributed by atoms with Crippen molar-refractivity contribution in [2.45, 2.75) is 51.9 Å². The maximum atomic E-state index is 6.79. The number of likely N-dealkylation sites (tertiary alicyclic amines) is 1. The van der Waals surface area contributed by atoms with Crippen LogP contribution in [0, 0.1) is 5.92 Å². The Kier molecular flexibility index (Phi) is 6.27. The van der Waals surface area contributed by atoms with E-state index in [9.17, 15) is 0 Å². The third-order valence-corrected chi connectivity index (χ3v) is 6.57. The lowest BCUT2D eigenvalue weighted by Gasteiger charge is -2.16. The Morgan fingerprint density at radius 2 is 2.00 bits per heavy atom. The first-order chi connectivity index (χ1) is 13.7. The highest BCUT2D eigenvalue weighted by molar-refractivity contribution is 6.36. The first-order valence-corrected chi connectivity index (χ1v) is 11.1. The van der Waals surface area contributed by atoms with E-state index in [1.54, 1.807) is 7.11 Å². The fourth-order valence-electron chi connectivity index (χ4n) is 4.69. The molecule has 0 saturated carbocycles. The molecule has 1 aliphatic carbocycles. The van der Waals surface area contributed by atoms with Crippen molar-refractivity contribution in [1.29, 1.82) is 0 Å². The van der Waals surface area contributed by atoms with Gasteiger partial charge in [0.25, 0.3) is 0 Å². The number of halogens is 1. The van der Waals surface area contributed by atoms with Gasteiger partial charge in [-0.3, -0.25) is 4.98 Å². The van der Waals surface area contributed by atoms with Crippen LogP contribution in [0.25, 0.3) is 10.9 Å². The zero-order valence-electron chi connectivity index (χ0n) is 17.1. The SMILES string of the molecule is CCCC1Cc2nc3cc(OCCCN4CCCC4)c(OC)cc3c(Cl)c2C1. The Labute approximate surface area is 173 Å². The number of nitrogens with zero attached hydrogens (tertiary/aromatic N) is 2. The molecule has 2 aromatic rings. The number of rotatable bonds is 8. The molecule has 0 N–H and O–H groups in total. The Morgan fingerprint density at radius 1 is 1.18 bits per heavy atom. The summed E-state index contributed by atoms with van der Waals surface area (Å²) in [7, 11) is 1.68. The van der Waals surface area contributed by atoms with E-state index in [0.717, 1.165) is 53.2 Å². The second kappa shape index (κ2) is 8.87. The van der Waals surface area contributed by atoms with Gasteiger partial charge in [-0.25, -0.2) is 0 Å². The van der Waals surface area contributed by atoms with Gasteiger partial charge < -0.3 is 14.4 Å². The topological polar surface area (TPSA) is 34.6 Å². The van der Waals surface area contributed by atoms with Gasteiger partial charge in [-0.1, -0.05) is 31.4 Å². The van der Waals surface area contributed by atoms with Gasteiger partial charge in [-0.2, -0.15) is 0 Å². The first-order valence-electron chi connectivity index (χ1n) is 10.7. The second-order valence-electron chi connectivity index (χ2n) is 8.18. The lowest BCUT2D eigenvalue weighted by molar-refractivity contribution is 0.254. The molecule has 0 radical (unpaired) electrons. The fourth-order valence-corrected chi connectivity index (χ4v) is 5.03. The van der Waals surface area contributed by atoms with Crippen LogP contribution >= 0.6 is 11.6 Å². The van der Waals surface area contributed by atoms with E-state index in [1.807, 2.05) is 12.1 Å². The number of fused-ring (bicyclic) bond motifs is 2. The second-order valence-corrected chi connectivity index (χ2v) is 8.56. The van der Waals surface area contributed by atoms with Gasteiger partial charge in [0.2, 0.25) is 0 Å². The minimum atomic E-state index is 0.671. The van der Waals surface area contributed by atoms with E-state index >= 15 is 0 Å². The van der Waals surface area contributed by atoms with Crippen molar-refractivity contribution in [2.24, 2.45) is 5.92 Å². The average Bonchev–Trinajstić information content (AvgIpc) is 3.35. The zero-order chi connectivity index (χ0) is 19.5. The van der Waals surface area contributed by atoms with Crippen molar-refractivity contribution in [2.75, 3.05) is 33.4 Å². The van der Waals surface area contributed by atoms with E-state index in [1.165, 1.54) is 50.0 Å². The summed E-state index contributed by atoms with van der Waals surface area (Å²) in [5.74, 6) is 2.17. The number of methoxy groups -OCH3 is 1. The van der Waals surface area contributed by atoms with Crippen LogP contribution in [0.4, 0.5) is 0 Å². The predicted molar refractivity (Wildman–Crippen MR) is 115 cm³/mol. The third kappa shape index (κ3) is 4.08. The van der Waals surface area contributed by atoms with Gasteiger partial charge in [-0.05, 0) is 62.7 Å². The highest BCUT2D eigenvalue weighted by atomic mass is 35.5. The molecule has 4 nitrogen and oxygen atoms in total. The van der Waals surface area contributed by atoms with Crippen LogP contribution in [0.3, 0.4) is 0 Å². The number of ether oxygens (including phenoxy) is 2. The van der Waals surface area contributed by atoms with Gasteiger partial charge in [0.1, 0.15) is 0 Å². The molecular weight excluding hydrogens is 372 g/mol. The molecule has 1 fully saturated rings. The van der Waals surface area contributed by atoms with Crippen LogP contribution in [-0.4, -0.2) is 43.2 Å². The number of pyridine rings is 1. The van der Waals surface area contributed by atoms with Crippen molar-refractivity contribution in [3.8, 4) is 11.5 Å². The maximum absolute atomic E-state index is 6.79. The van der Waals surface area contributed by atoms with Crippen LogP contribution in [0.5, 0.6) is 11.5 Å². The summed E-state index contributed by atoms with van der Waals surface area (Å²) < 4.78 is 11.7. The molecule has 1 saturated heterocycles. The maximum Gasteiger partial charge on any atom is 0.163 e. The molecule has 2 heterocycles.